The van der Waals surface area contributed by atoms with Crippen molar-refractivity contribution in [2.45, 2.75) is 6.04 Å². The first kappa shape index (κ1) is 17.0. The van der Waals surface area contributed by atoms with E-state index in [1.165, 1.54) is 12.3 Å². The van der Waals surface area contributed by atoms with Gasteiger partial charge in [-0.25, -0.2) is 9.97 Å². The summed E-state index contributed by atoms with van der Waals surface area (Å²) in [6.45, 7) is 0. The maximum atomic E-state index is 12.7. The van der Waals surface area contributed by atoms with Crippen molar-refractivity contribution in [1.82, 2.24) is 19.9 Å². The van der Waals surface area contributed by atoms with Crippen LogP contribution in [0.25, 0.3) is 0 Å². The fraction of sp³-hybridized carbons (Fsp3) is 0.167. The van der Waals surface area contributed by atoms with Crippen LogP contribution >= 0.6 is 11.6 Å². The Bertz CT molecular complexity index is 894. The molecule has 0 aliphatic rings. The summed E-state index contributed by atoms with van der Waals surface area (Å²) >= 11 is 5.89. The van der Waals surface area contributed by atoms with Crippen LogP contribution in [0.15, 0.2) is 55.0 Å². The molecule has 128 valence electrons. The normalized spacial score (nSPS) is 11.8. The van der Waals surface area contributed by atoms with Crippen LogP contribution < -0.4 is 10.1 Å². The SMILES string of the molecule is COc1ccccc1C(NC(=O)c1ccnc(Cl)c1)c1nccn1C. The van der Waals surface area contributed by atoms with Gasteiger partial charge in [0.2, 0.25) is 0 Å². The van der Waals surface area contributed by atoms with E-state index in [1.54, 1.807) is 19.4 Å². The summed E-state index contributed by atoms with van der Waals surface area (Å²) in [5, 5.41) is 3.27. The number of rotatable bonds is 5. The highest BCUT2D eigenvalue weighted by molar-refractivity contribution is 6.29. The monoisotopic (exact) mass is 356 g/mol. The molecule has 3 aromatic rings. The van der Waals surface area contributed by atoms with Gasteiger partial charge in [0.25, 0.3) is 5.91 Å². The van der Waals surface area contributed by atoms with E-state index in [2.05, 4.69) is 15.3 Å². The second-order valence-electron chi connectivity index (χ2n) is 5.41. The molecule has 1 unspecified atom stereocenters. The number of methoxy groups -OCH3 is 1. The third-order valence-corrected chi connectivity index (χ3v) is 4.04. The van der Waals surface area contributed by atoms with Gasteiger partial charge in [0.1, 0.15) is 22.8 Å². The van der Waals surface area contributed by atoms with E-state index in [-0.39, 0.29) is 11.1 Å². The van der Waals surface area contributed by atoms with Gasteiger partial charge in [-0.1, -0.05) is 29.8 Å². The molecule has 1 aromatic carbocycles. The summed E-state index contributed by atoms with van der Waals surface area (Å²) in [6, 6.07) is 10.2. The lowest BCUT2D eigenvalue weighted by molar-refractivity contribution is 0.0940. The Kier molecular flexibility index (Phi) is 5.00. The minimum absolute atomic E-state index is 0.262. The van der Waals surface area contributed by atoms with Gasteiger partial charge in [0.05, 0.1) is 7.11 Å². The molecular formula is C18H17ClN4O2. The first-order valence-electron chi connectivity index (χ1n) is 7.62. The Labute approximate surface area is 150 Å². The fourth-order valence-corrected chi connectivity index (χ4v) is 2.77. The molecule has 0 saturated carbocycles. The molecule has 1 atom stereocenters. The van der Waals surface area contributed by atoms with Gasteiger partial charge < -0.3 is 14.6 Å². The number of benzene rings is 1. The van der Waals surface area contributed by atoms with Crippen molar-refractivity contribution >= 4 is 17.5 Å². The Morgan fingerprint density at radius 1 is 1.24 bits per heavy atom. The van der Waals surface area contributed by atoms with E-state index in [0.717, 1.165) is 5.56 Å². The van der Waals surface area contributed by atoms with Crippen LogP contribution in [0.4, 0.5) is 0 Å². The molecule has 6 nitrogen and oxygen atoms in total. The van der Waals surface area contributed by atoms with Gasteiger partial charge >= 0.3 is 0 Å². The van der Waals surface area contributed by atoms with Gasteiger partial charge in [-0.15, -0.1) is 0 Å². The largest absolute Gasteiger partial charge is 0.496 e. The van der Waals surface area contributed by atoms with E-state index in [1.807, 2.05) is 42.1 Å². The van der Waals surface area contributed by atoms with Crippen molar-refractivity contribution in [3.63, 3.8) is 0 Å². The summed E-state index contributed by atoms with van der Waals surface area (Å²) in [4.78, 5) is 21.0. The topological polar surface area (TPSA) is 69.0 Å². The van der Waals surface area contributed by atoms with Crippen molar-refractivity contribution < 1.29 is 9.53 Å². The van der Waals surface area contributed by atoms with Crippen molar-refractivity contribution in [2.24, 2.45) is 7.05 Å². The van der Waals surface area contributed by atoms with Crippen molar-refractivity contribution in [2.75, 3.05) is 7.11 Å². The number of nitrogens with zero attached hydrogens (tertiary/aromatic N) is 3. The van der Waals surface area contributed by atoms with Crippen LogP contribution in [0.1, 0.15) is 27.8 Å². The van der Waals surface area contributed by atoms with Crippen molar-refractivity contribution in [3.8, 4) is 5.75 Å². The Morgan fingerprint density at radius 3 is 2.72 bits per heavy atom. The van der Waals surface area contributed by atoms with E-state index in [0.29, 0.717) is 17.1 Å². The molecule has 0 saturated heterocycles. The van der Waals surface area contributed by atoms with Crippen LogP contribution in [-0.4, -0.2) is 27.6 Å². The second kappa shape index (κ2) is 7.36. The molecule has 2 aromatic heterocycles. The minimum atomic E-state index is -0.476. The summed E-state index contributed by atoms with van der Waals surface area (Å²) < 4.78 is 7.31. The lowest BCUT2D eigenvalue weighted by Crippen LogP contribution is -2.31. The van der Waals surface area contributed by atoms with Gasteiger partial charge in [-0.05, 0) is 18.2 Å². The highest BCUT2D eigenvalue weighted by Crippen LogP contribution is 2.29. The number of carbonyl (C=O) groups excluding carboxylic acids is 1. The number of ether oxygens (including phenoxy) is 1. The van der Waals surface area contributed by atoms with Gasteiger partial charge in [0.15, 0.2) is 0 Å². The summed E-state index contributed by atoms with van der Waals surface area (Å²) in [5.74, 6) is 1.09. The molecular weight excluding hydrogens is 340 g/mol. The average Bonchev–Trinajstić information content (AvgIpc) is 3.05. The van der Waals surface area contributed by atoms with Gasteiger partial charge in [-0.2, -0.15) is 0 Å². The van der Waals surface area contributed by atoms with Gasteiger partial charge in [0, 0.05) is 36.8 Å². The standard InChI is InChI=1S/C18H17ClN4O2/c1-23-10-9-21-17(23)16(13-5-3-4-6-14(13)25-2)22-18(24)12-7-8-20-15(19)11-12/h3-11,16H,1-2H3,(H,22,24). The average molecular weight is 357 g/mol. The Morgan fingerprint density at radius 2 is 2.04 bits per heavy atom. The van der Waals surface area contributed by atoms with Crippen LogP contribution in [0.3, 0.4) is 0 Å². The fourth-order valence-electron chi connectivity index (χ4n) is 2.60. The number of hydrogen-bond donors (Lipinski definition) is 1. The number of carbonyl (C=O) groups is 1. The Balaban J connectivity index is 2.00. The Hall–Kier alpha value is -2.86. The van der Waals surface area contributed by atoms with E-state index in [9.17, 15) is 4.79 Å². The minimum Gasteiger partial charge on any atom is -0.496 e. The number of aryl methyl sites for hydroxylation is 1. The van der Waals surface area contributed by atoms with Crippen molar-refractivity contribution in [3.05, 3.63) is 77.1 Å². The van der Waals surface area contributed by atoms with E-state index in [4.69, 9.17) is 16.3 Å². The molecule has 2 heterocycles. The number of pyridine rings is 1. The van der Waals surface area contributed by atoms with E-state index < -0.39 is 6.04 Å². The molecule has 3 rings (SSSR count). The van der Waals surface area contributed by atoms with E-state index >= 15 is 0 Å². The third kappa shape index (κ3) is 3.64. The number of amides is 1. The maximum absolute atomic E-state index is 12.7. The molecule has 7 heteroatoms. The molecule has 1 N–H and O–H groups in total. The van der Waals surface area contributed by atoms with Crippen LogP contribution in [-0.2, 0) is 7.05 Å². The third-order valence-electron chi connectivity index (χ3n) is 3.83. The molecule has 0 spiro atoms. The zero-order chi connectivity index (χ0) is 17.8. The highest BCUT2D eigenvalue weighted by Gasteiger charge is 2.24. The van der Waals surface area contributed by atoms with Crippen LogP contribution in [0.2, 0.25) is 5.15 Å². The quantitative estimate of drug-likeness (QED) is 0.713. The number of imidazole rings is 1. The second-order valence-corrected chi connectivity index (χ2v) is 5.80. The molecule has 0 aliphatic heterocycles. The summed E-state index contributed by atoms with van der Waals surface area (Å²) in [7, 11) is 3.47. The maximum Gasteiger partial charge on any atom is 0.252 e. The van der Waals surface area contributed by atoms with Crippen LogP contribution in [0, 0.1) is 0 Å². The summed E-state index contributed by atoms with van der Waals surface area (Å²) in [6.07, 6.45) is 5.01. The first-order chi connectivity index (χ1) is 12.1. The molecule has 0 aliphatic carbocycles. The number of para-hydroxylation sites is 1. The smallest absolute Gasteiger partial charge is 0.252 e. The zero-order valence-electron chi connectivity index (χ0n) is 13.8. The number of aromatic nitrogens is 3. The molecule has 0 fully saturated rings. The summed E-state index contributed by atoms with van der Waals surface area (Å²) in [5.41, 5.74) is 1.24. The number of halogens is 1. The molecule has 0 bridgehead atoms. The van der Waals surface area contributed by atoms with Gasteiger partial charge in [-0.3, -0.25) is 4.79 Å². The van der Waals surface area contributed by atoms with Crippen LogP contribution in [0.5, 0.6) is 5.75 Å². The van der Waals surface area contributed by atoms with Crippen molar-refractivity contribution in [1.29, 1.82) is 0 Å². The molecule has 1 amide bonds. The lowest BCUT2D eigenvalue weighted by Gasteiger charge is -2.21. The molecule has 0 radical (unpaired) electrons. The zero-order valence-corrected chi connectivity index (χ0v) is 14.6. The predicted octanol–water partition coefficient (Wildman–Crippen LogP) is 3.00. The highest BCUT2D eigenvalue weighted by atomic mass is 35.5. The predicted molar refractivity (Wildman–Crippen MR) is 94.8 cm³/mol. The lowest BCUT2D eigenvalue weighted by atomic mass is 10.0. The number of nitrogens with one attached hydrogen (secondary N) is 1. The molecule has 25 heavy (non-hydrogen) atoms. The first-order valence-corrected chi connectivity index (χ1v) is 8.00. The number of hydrogen-bond acceptors (Lipinski definition) is 4.